The highest BCUT2D eigenvalue weighted by molar-refractivity contribution is 5.96. The van der Waals surface area contributed by atoms with Crippen molar-refractivity contribution in [2.75, 3.05) is 45.8 Å². The van der Waals surface area contributed by atoms with Gasteiger partial charge in [0.15, 0.2) is 0 Å². The zero-order chi connectivity index (χ0) is 46.8. The summed E-state index contributed by atoms with van der Waals surface area (Å²) in [5.41, 5.74) is 4.34. The number of aromatic nitrogens is 4. The largest absolute Gasteiger partial charge is 0.478 e. The van der Waals surface area contributed by atoms with Crippen LogP contribution < -0.4 is 19.6 Å². The Balaban J connectivity index is 0.000000161. The first-order valence-corrected chi connectivity index (χ1v) is 22.1. The number of nitrogens with zero attached hydrogens (tertiary/aromatic N) is 8. The highest BCUT2D eigenvalue weighted by Crippen LogP contribution is 2.34. The Morgan fingerprint density at radius 2 is 0.578 bits per heavy atom. The summed E-state index contributed by atoms with van der Waals surface area (Å²) in [4.78, 5) is 68.5. The van der Waals surface area contributed by atoms with E-state index >= 15 is 0 Å². The fraction of sp³-hybridized carbons (Fsp3) is 0.500. The standard InChI is InChI=1S/4C12H16N2O2/c4*1-8-5-9(2)14(7-8)11-3-4-13-6-10(11)12(15)16/h4*3-4,6,8-9H,5,7H2,1-2H3,(H,15,16)/t8-,9+;3*8-,9-/m1100/s1. The van der Waals surface area contributed by atoms with Crippen molar-refractivity contribution >= 4 is 46.6 Å². The molecule has 8 heterocycles. The molecule has 4 fully saturated rings. The quantitative estimate of drug-likeness (QED) is 0.132. The van der Waals surface area contributed by atoms with E-state index in [0.29, 0.717) is 70.1 Å². The van der Waals surface area contributed by atoms with E-state index in [9.17, 15) is 19.2 Å². The number of rotatable bonds is 8. The molecule has 0 amide bonds. The van der Waals surface area contributed by atoms with E-state index in [-0.39, 0.29) is 0 Å². The molecule has 0 unspecified atom stereocenters. The molecule has 4 aliphatic rings. The third-order valence-electron chi connectivity index (χ3n) is 12.5. The van der Waals surface area contributed by atoms with Crippen LogP contribution in [-0.4, -0.2) is 115 Å². The van der Waals surface area contributed by atoms with E-state index in [1.54, 1.807) is 49.1 Å². The highest BCUT2D eigenvalue weighted by Gasteiger charge is 2.32. The summed E-state index contributed by atoms with van der Waals surface area (Å²) in [6, 6.07) is 8.75. The summed E-state index contributed by atoms with van der Waals surface area (Å²) in [5.74, 6) is -1.17. The molecule has 0 bridgehead atoms. The van der Waals surface area contributed by atoms with Gasteiger partial charge in [-0.1, -0.05) is 27.7 Å². The lowest BCUT2D eigenvalue weighted by Crippen LogP contribution is -2.28. The molecule has 344 valence electrons. The van der Waals surface area contributed by atoms with Crippen molar-refractivity contribution in [3.8, 4) is 0 Å². The first kappa shape index (κ1) is 48.7. The molecule has 4 aromatic heterocycles. The Morgan fingerprint density at radius 3 is 0.719 bits per heavy atom. The molecule has 0 aromatic carbocycles. The van der Waals surface area contributed by atoms with Crippen LogP contribution in [0.5, 0.6) is 0 Å². The van der Waals surface area contributed by atoms with Crippen LogP contribution in [0.15, 0.2) is 73.8 Å². The maximum atomic E-state index is 11.1. The predicted molar refractivity (Wildman–Crippen MR) is 247 cm³/mol. The molecule has 4 aromatic rings. The highest BCUT2D eigenvalue weighted by atomic mass is 16.4. The molecule has 16 nitrogen and oxygen atoms in total. The van der Waals surface area contributed by atoms with Crippen molar-refractivity contribution in [1.29, 1.82) is 0 Å². The van der Waals surface area contributed by atoms with E-state index in [0.717, 1.165) is 74.6 Å². The SMILES string of the molecule is C[C@@H]1C[C@@H](C)N(c2ccncc2C(=O)O)C1.C[C@@H]1C[C@H](C)N(c2ccncc2C(=O)O)C1.C[C@H]1C[C@H](C)N(c2ccncc2C(=O)O)C1.C[C@H]1C[C@H](C)N(c2ccncc2C(=O)O)C1. The molecule has 64 heavy (non-hydrogen) atoms. The summed E-state index contributed by atoms with van der Waals surface area (Å²) in [7, 11) is 0. The van der Waals surface area contributed by atoms with Crippen molar-refractivity contribution in [2.45, 2.75) is 105 Å². The summed E-state index contributed by atoms with van der Waals surface area (Å²) in [5, 5.41) is 36.4. The number of hydrogen-bond acceptors (Lipinski definition) is 12. The number of carboxylic acid groups (broad SMARTS) is 4. The first-order valence-electron chi connectivity index (χ1n) is 22.1. The third-order valence-corrected chi connectivity index (χ3v) is 12.5. The van der Waals surface area contributed by atoms with Gasteiger partial charge >= 0.3 is 23.9 Å². The average molecular weight is 881 g/mol. The molecule has 0 radical (unpaired) electrons. The van der Waals surface area contributed by atoms with E-state index < -0.39 is 23.9 Å². The number of carboxylic acids is 4. The Labute approximate surface area is 376 Å². The fourth-order valence-electron chi connectivity index (χ4n) is 9.75. The predicted octanol–water partition coefficient (Wildman–Crippen LogP) is 8.06. The van der Waals surface area contributed by atoms with Gasteiger partial charge in [0.2, 0.25) is 0 Å². The lowest BCUT2D eigenvalue weighted by Gasteiger charge is -2.25. The van der Waals surface area contributed by atoms with E-state index in [1.807, 2.05) is 0 Å². The summed E-state index contributed by atoms with van der Waals surface area (Å²) in [6.07, 6.45) is 16.7. The van der Waals surface area contributed by atoms with Gasteiger partial charge in [0.05, 0.1) is 22.7 Å². The number of pyridine rings is 4. The van der Waals surface area contributed by atoms with E-state index in [1.165, 1.54) is 24.8 Å². The molecule has 4 aliphatic heterocycles. The minimum absolute atomic E-state index is 0.295. The van der Waals surface area contributed by atoms with Crippen molar-refractivity contribution in [3.05, 3.63) is 96.1 Å². The summed E-state index contributed by atoms with van der Waals surface area (Å²) < 4.78 is 0. The Morgan fingerprint density at radius 1 is 0.391 bits per heavy atom. The second-order valence-electron chi connectivity index (χ2n) is 18.2. The maximum absolute atomic E-state index is 11.1. The average Bonchev–Trinajstić information content (AvgIpc) is 4.00. The minimum atomic E-state index is -0.908. The van der Waals surface area contributed by atoms with Crippen LogP contribution in [0.3, 0.4) is 0 Å². The Bertz CT molecular complexity index is 1930. The monoisotopic (exact) mass is 880 g/mol. The second kappa shape index (κ2) is 21.8. The van der Waals surface area contributed by atoms with Gasteiger partial charge in [-0.05, 0) is 101 Å². The van der Waals surface area contributed by atoms with Gasteiger partial charge in [-0.3, -0.25) is 19.9 Å². The Hall–Kier alpha value is -6.32. The van der Waals surface area contributed by atoms with Crippen LogP contribution in [0.25, 0.3) is 0 Å². The fourth-order valence-corrected chi connectivity index (χ4v) is 9.75. The van der Waals surface area contributed by atoms with Crippen LogP contribution in [0, 0.1) is 23.7 Å². The molecule has 8 rings (SSSR count). The number of hydrogen-bond donors (Lipinski definition) is 4. The van der Waals surface area contributed by atoms with Crippen LogP contribution in [-0.2, 0) is 0 Å². The number of anilines is 4. The Kier molecular flexibility index (Phi) is 16.6. The van der Waals surface area contributed by atoms with Crippen LogP contribution in [0.4, 0.5) is 22.7 Å². The van der Waals surface area contributed by atoms with E-state index in [2.05, 4.69) is 94.9 Å². The van der Waals surface area contributed by atoms with Crippen molar-refractivity contribution in [1.82, 2.24) is 19.9 Å². The number of aromatic carboxylic acids is 4. The van der Waals surface area contributed by atoms with Gasteiger partial charge in [-0.25, -0.2) is 19.2 Å². The van der Waals surface area contributed by atoms with Gasteiger partial charge in [0.1, 0.15) is 22.3 Å². The molecular formula is C48H64N8O8. The van der Waals surface area contributed by atoms with E-state index in [4.69, 9.17) is 20.4 Å². The molecule has 16 heteroatoms. The minimum Gasteiger partial charge on any atom is -0.478 e. The van der Waals surface area contributed by atoms with Crippen molar-refractivity contribution in [2.24, 2.45) is 23.7 Å². The molecule has 0 saturated carbocycles. The lowest BCUT2D eigenvalue weighted by molar-refractivity contribution is 0.0686. The zero-order valence-corrected chi connectivity index (χ0v) is 38.2. The normalized spacial score (nSPS) is 24.8. The van der Waals surface area contributed by atoms with Gasteiger partial charge in [-0.2, -0.15) is 0 Å². The van der Waals surface area contributed by atoms with Crippen molar-refractivity contribution in [3.63, 3.8) is 0 Å². The molecule has 8 atom stereocenters. The summed E-state index contributed by atoms with van der Waals surface area (Å²) in [6.45, 7) is 21.0. The lowest BCUT2D eigenvalue weighted by atomic mass is 10.1. The van der Waals surface area contributed by atoms with Crippen LogP contribution >= 0.6 is 0 Å². The molecular weight excluding hydrogens is 817 g/mol. The maximum Gasteiger partial charge on any atom is 0.339 e. The van der Waals surface area contributed by atoms with Gasteiger partial charge in [0, 0.05) is 99.9 Å². The molecule has 4 N–H and O–H groups in total. The van der Waals surface area contributed by atoms with Gasteiger partial charge in [-0.15, -0.1) is 0 Å². The molecule has 0 spiro atoms. The zero-order valence-electron chi connectivity index (χ0n) is 38.2. The van der Waals surface area contributed by atoms with Crippen molar-refractivity contribution < 1.29 is 39.6 Å². The second-order valence-corrected chi connectivity index (χ2v) is 18.2. The number of carbonyl (C=O) groups is 4. The summed E-state index contributed by atoms with van der Waals surface area (Å²) >= 11 is 0. The van der Waals surface area contributed by atoms with Crippen LogP contribution in [0.1, 0.15) is 123 Å². The van der Waals surface area contributed by atoms with Gasteiger partial charge in [0.25, 0.3) is 0 Å². The smallest absolute Gasteiger partial charge is 0.339 e. The third kappa shape index (κ3) is 12.0. The van der Waals surface area contributed by atoms with Crippen LogP contribution in [0.2, 0.25) is 0 Å². The van der Waals surface area contributed by atoms with Gasteiger partial charge < -0.3 is 40.0 Å². The first-order chi connectivity index (χ1) is 30.4. The topological polar surface area (TPSA) is 214 Å². The molecule has 0 aliphatic carbocycles. The molecule has 4 saturated heterocycles.